The summed E-state index contributed by atoms with van der Waals surface area (Å²) in [5.74, 6) is 0. The second kappa shape index (κ2) is 4.36. The van der Waals surface area contributed by atoms with E-state index in [1.807, 2.05) is 0 Å². The number of aryl methyl sites for hydroxylation is 1. The Bertz CT molecular complexity index is 351. The summed E-state index contributed by atoms with van der Waals surface area (Å²) in [5, 5.41) is 0. The summed E-state index contributed by atoms with van der Waals surface area (Å²) >= 11 is 0. The Balaban J connectivity index is 3.21. The molecule has 0 saturated carbocycles. The van der Waals surface area contributed by atoms with Gasteiger partial charge in [-0.2, -0.15) is 0 Å². The van der Waals surface area contributed by atoms with Crippen LogP contribution < -0.4 is 5.73 Å². The van der Waals surface area contributed by atoms with Crippen molar-refractivity contribution in [3.63, 3.8) is 0 Å². The fourth-order valence-electron chi connectivity index (χ4n) is 2.18. The van der Waals surface area contributed by atoms with Crippen LogP contribution in [0.2, 0.25) is 0 Å². The Labute approximate surface area is 93.7 Å². The van der Waals surface area contributed by atoms with E-state index in [0.717, 1.165) is 13.0 Å². The van der Waals surface area contributed by atoms with Gasteiger partial charge in [0.05, 0.1) is 0 Å². The van der Waals surface area contributed by atoms with Crippen molar-refractivity contribution in [1.82, 2.24) is 0 Å². The van der Waals surface area contributed by atoms with Gasteiger partial charge < -0.3 is 5.73 Å². The molecule has 0 bridgehead atoms. The van der Waals surface area contributed by atoms with Crippen LogP contribution in [0.4, 0.5) is 0 Å². The highest BCUT2D eigenvalue weighted by molar-refractivity contribution is 5.42. The van der Waals surface area contributed by atoms with Crippen LogP contribution in [0.25, 0.3) is 0 Å². The molecule has 0 heterocycles. The standard InChI is InChI=1S/C14H23N/c1-10-6-7-13(12(3)11(10)2)14(4,5)8-9-15/h6-7H,8-9,15H2,1-5H3. The minimum atomic E-state index is 0.192. The summed E-state index contributed by atoms with van der Waals surface area (Å²) in [6.45, 7) is 11.9. The normalized spacial score (nSPS) is 11.9. The van der Waals surface area contributed by atoms with E-state index < -0.39 is 0 Å². The average Bonchev–Trinajstić information content (AvgIpc) is 2.13. The topological polar surface area (TPSA) is 26.0 Å². The van der Waals surface area contributed by atoms with Crippen LogP contribution in [-0.2, 0) is 5.41 Å². The summed E-state index contributed by atoms with van der Waals surface area (Å²) in [7, 11) is 0. The van der Waals surface area contributed by atoms with E-state index in [1.165, 1.54) is 22.3 Å². The van der Waals surface area contributed by atoms with Gasteiger partial charge in [-0.15, -0.1) is 0 Å². The zero-order valence-electron chi connectivity index (χ0n) is 10.6. The molecule has 1 aromatic carbocycles. The van der Waals surface area contributed by atoms with Crippen molar-refractivity contribution < 1.29 is 0 Å². The number of hydrogen-bond donors (Lipinski definition) is 1. The lowest BCUT2D eigenvalue weighted by Gasteiger charge is -2.28. The molecule has 0 spiro atoms. The maximum atomic E-state index is 5.67. The molecule has 0 atom stereocenters. The molecular weight excluding hydrogens is 182 g/mol. The van der Waals surface area contributed by atoms with E-state index in [0.29, 0.717) is 0 Å². The predicted molar refractivity (Wildman–Crippen MR) is 67.4 cm³/mol. The van der Waals surface area contributed by atoms with Crippen molar-refractivity contribution in [3.8, 4) is 0 Å². The van der Waals surface area contributed by atoms with Gasteiger partial charge in [0.1, 0.15) is 0 Å². The van der Waals surface area contributed by atoms with Crippen molar-refractivity contribution >= 4 is 0 Å². The summed E-state index contributed by atoms with van der Waals surface area (Å²) in [5.41, 5.74) is 11.5. The number of rotatable bonds is 3. The fraction of sp³-hybridized carbons (Fsp3) is 0.571. The molecule has 0 aliphatic carbocycles. The molecule has 1 aromatic rings. The van der Waals surface area contributed by atoms with E-state index in [1.54, 1.807) is 0 Å². The first kappa shape index (κ1) is 12.3. The molecule has 0 saturated heterocycles. The Hall–Kier alpha value is -0.820. The van der Waals surface area contributed by atoms with Crippen molar-refractivity contribution in [2.24, 2.45) is 5.73 Å². The fourth-order valence-corrected chi connectivity index (χ4v) is 2.18. The molecule has 0 aromatic heterocycles. The monoisotopic (exact) mass is 205 g/mol. The van der Waals surface area contributed by atoms with E-state index in [9.17, 15) is 0 Å². The smallest absolute Gasteiger partial charge is 0.00690 e. The lowest BCUT2D eigenvalue weighted by atomic mass is 9.78. The minimum Gasteiger partial charge on any atom is -0.330 e. The molecule has 0 fully saturated rings. The van der Waals surface area contributed by atoms with Gasteiger partial charge in [-0.1, -0.05) is 26.0 Å². The Morgan fingerprint density at radius 1 is 1.07 bits per heavy atom. The molecular formula is C14H23N. The van der Waals surface area contributed by atoms with Crippen molar-refractivity contribution in [1.29, 1.82) is 0 Å². The molecule has 0 aliphatic rings. The molecule has 1 heteroatoms. The van der Waals surface area contributed by atoms with Crippen LogP contribution in [0.5, 0.6) is 0 Å². The van der Waals surface area contributed by atoms with Crippen molar-refractivity contribution in [2.75, 3.05) is 6.54 Å². The molecule has 1 rings (SSSR count). The van der Waals surface area contributed by atoms with Crippen LogP contribution in [0.15, 0.2) is 12.1 Å². The van der Waals surface area contributed by atoms with Crippen LogP contribution in [0.1, 0.15) is 42.5 Å². The van der Waals surface area contributed by atoms with Crippen molar-refractivity contribution in [2.45, 2.75) is 46.5 Å². The van der Waals surface area contributed by atoms with E-state index in [-0.39, 0.29) is 5.41 Å². The third kappa shape index (κ3) is 2.40. The summed E-state index contributed by atoms with van der Waals surface area (Å²) in [6, 6.07) is 4.48. The highest BCUT2D eigenvalue weighted by Crippen LogP contribution is 2.31. The Morgan fingerprint density at radius 3 is 2.20 bits per heavy atom. The van der Waals surface area contributed by atoms with Crippen LogP contribution >= 0.6 is 0 Å². The van der Waals surface area contributed by atoms with Gasteiger partial charge in [-0.05, 0) is 61.4 Å². The third-order valence-electron chi connectivity index (χ3n) is 3.56. The summed E-state index contributed by atoms with van der Waals surface area (Å²) < 4.78 is 0. The molecule has 0 radical (unpaired) electrons. The minimum absolute atomic E-state index is 0.192. The van der Waals surface area contributed by atoms with E-state index >= 15 is 0 Å². The molecule has 84 valence electrons. The third-order valence-corrected chi connectivity index (χ3v) is 3.56. The SMILES string of the molecule is Cc1ccc(C(C)(C)CCN)c(C)c1C. The molecule has 0 aliphatic heterocycles. The number of nitrogens with two attached hydrogens (primary N) is 1. The molecule has 2 N–H and O–H groups in total. The average molecular weight is 205 g/mol. The van der Waals surface area contributed by atoms with Gasteiger partial charge in [-0.25, -0.2) is 0 Å². The first-order valence-corrected chi connectivity index (χ1v) is 5.67. The van der Waals surface area contributed by atoms with Crippen LogP contribution in [0, 0.1) is 20.8 Å². The highest BCUT2D eigenvalue weighted by Gasteiger charge is 2.22. The number of hydrogen-bond acceptors (Lipinski definition) is 1. The summed E-state index contributed by atoms with van der Waals surface area (Å²) in [4.78, 5) is 0. The molecule has 0 unspecified atom stereocenters. The zero-order valence-corrected chi connectivity index (χ0v) is 10.6. The largest absolute Gasteiger partial charge is 0.330 e. The quantitative estimate of drug-likeness (QED) is 0.805. The first-order chi connectivity index (χ1) is 6.90. The molecule has 15 heavy (non-hydrogen) atoms. The lowest BCUT2D eigenvalue weighted by Crippen LogP contribution is -2.23. The van der Waals surface area contributed by atoms with Crippen LogP contribution in [-0.4, -0.2) is 6.54 Å². The van der Waals surface area contributed by atoms with Gasteiger partial charge in [0.2, 0.25) is 0 Å². The van der Waals surface area contributed by atoms with Gasteiger partial charge >= 0.3 is 0 Å². The zero-order chi connectivity index (χ0) is 11.6. The van der Waals surface area contributed by atoms with E-state index in [2.05, 4.69) is 46.8 Å². The Kier molecular flexibility index (Phi) is 3.56. The summed E-state index contributed by atoms with van der Waals surface area (Å²) in [6.07, 6.45) is 1.04. The van der Waals surface area contributed by atoms with Gasteiger partial charge in [0, 0.05) is 0 Å². The predicted octanol–water partition coefficient (Wildman–Crippen LogP) is 3.24. The van der Waals surface area contributed by atoms with Gasteiger partial charge in [0.15, 0.2) is 0 Å². The lowest BCUT2D eigenvalue weighted by molar-refractivity contribution is 0.484. The van der Waals surface area contributed by atoms with Gasteiger partial charge in [0.25, 0.3) is 0 Å². The maximum absolute atomic E-state index is 5.67. The van der Waals surface area contributed by atoms with Crippen LogP contribution in [0.3, 0.4) is 0 Å². The number of benzene rings is 1. The second-order valence-electron chi connectivity index (χ2n) is 5.10. The van der Waals surface area contributed by atoms with Crippen molar-refractivity contribution in [3.05, 3.63) is 34.4 Å². The first-order valence-electron chi connectivity index (χ1n) is 5.67. The van der Waals surface area contributed by atoms with E-state index in [4.69, 9.17) is 5.73 Å². The maximum Gasteiger partial charge on any atom is -0.00690 e. The Morgan fingerprint density at radius 2 is 1.67 bits per heavy atom. The highest BCUT2D eigenvalue weighted by atomic mass is 14.5. The second-order valence-corrected chi connectivity index (χ2v) is 5.10. The molecule has 0 amide bonds. The van der Waals surface area contributed by atoms with Gasteiger partial charge in [-0.3, -0.25) is 0 Å². The molecule has 1 nitrogen and oxygen atoms in total.